The van der Waals surface area contributed by atoms with Crippen molar-refractivity contribution >= 4 is 5.91 Å². The van der Waals surface area contributed by atoms with Crippen LogP contribution in [0.3, 0.4) is 0 Å². The molecule has 1 aliphatic rings. The van der Waals surface area contributed by atoms with E-state index in [4.69, 9.17) is 4.74 Å². The molecule has 2 heterocycles. The Kier molecular flexibility index (Phi) is 6.45. The van der Waals surface area contributed by atoms with Gasteiger partial charge in [-0.3, -0.25) is 4.79 Å². The Labute approximate surface area is 160 Å². The Morgan fingerprint density at radius 2 is 2.07 bits per heavy atom. The molecule has 0 radical (unpaired) electrons. The van der Waals surface area contributed by atoms with Gasteiger partial charge in [0.15, 0.2) is 5.69 Å². The number of rotatable bonds is 7. The predicted molar refractivity (Wildman–Crippen MR) is 104 cm³/mol. The summed E-state index contributed by atoms with van der Waals surface area (Å²) in [5, 5.41) is 14.7. The van der Waals surface area contributed by atoms with Crippen molar-refractivity contribution in [3.05, 3.63) is 41.7 Å². The van der Waals surface area contributed by atoms with Crippen molar-refractivity contribution in [2.75, 3.05) is 20.2 Å². The van der Waals surface area contributed by atoms with Crippen LogP contribution in [-0.2, 0) is 6.42 Å². The Morgan fingerprint density at radius 3 is 2.78 bits per heavy atom. The van der Waals surface area contributed by atoms with Gasteiger partial charge in [0.2, 0.25) is 0 Å². The Hall–Kier alpha value is -2.41. The first-order valence-electron chi connectivity index (χ1n) is 9.63. The summed E-state index contributed by atoms with van der Waals surface area (Å²) in [5.74, 6) is 0.941. The zero-order chi connectivity index (χ0) is 19.2. The molecule has 2 aromatic rings. The van der Waals surface area contributed by atoms with Crippen LogP contribution >= 0.6 is 0 Å². The van der Waals surface area contributed by atoms with Crippen LogP contribution in [-0.4, -0.2) is 47.1 Å². The first-order valence-corrected chi connectivity index (χ1v) is 9.63. The summed E-state index contributed by atoms with van der Waals surface area (Å²) in [6.07, 6.45) is 4.49. The van der Waals surface area contributed by atoms with Crippen molar-refractivity contribution in [2.24, 2.45) is 5.92 Å². The number of nitrogens with zero attached hydrogens (tertiary/aromatic N) is 3. The van der Waals surface area contributed by atoms with Gasteiger partial charge in [0.25, 0.3) is 5.91 Å². The summed E-state index contributed by atoms with van der Waals surface area (Å²) in [6, 6.07) is 8.21. The van der Waals surface area contributed by atoms with Crippen LogP contribution in [0.5, 0.6) is 5.75 Å². The molecule has 0 bridgehead atoms. The molecule has 0 saturated carbocycles. The number of para-hydroxylation sites is 1. The number of ether oxygens (including phenoxy) is 1. The van der Waals surface area contributed by atoms with Crippen molar-refractivity contribution in [1.82, 2.24) is 25.6 Å². The molecule has 1 atom stereocenters. The number of carbonyl (C=O) groups excluding carboxylic acids is 1. The summed E-state index contributed by atoms with van der Waals surface area (Å²) in [6.45, 7) is 6.15. The van der Waals surface area contributed by atoms with Crippen molar-refractivity contribution in [3.63, 3.8) is 0 Å². The molecule has 1 saturated heterocycles. The topological polar surface area (TPSA) is 81.1 Å². The lowest BCUT2D eigenvalue weighted by atomic mass is 9.95. The van der Waals surface area contributed by atoms with E-state index in [1.165, 1.54) is 0 Å². The van der Waals surface area contributed by atoms with E-state index in [0.717, 1.165) is 37.2 Å². The maximum atomic E-state index is 12.7. The molecule has 1 aromatic carbocycles. The normalized spacial score (nSPS) is 16.3. The summed E-state index contributed by atoms with van der Waals surface area (Å²) >= 11 is 0. The molecule has 146 valence electrons. The minimum atomic E-state index is -0.177. The molecular weight excluding hydrogens is 342 g/mol. The third kappa shape index (κ3) is 4.86. The average Bonchev–Trinajstić information content (AvgIpc) is 3.19. The standard InChI is InChI=1S/C20H29N5O2/c1-14(2)17(12-15-6-4-5-7-19(15)27-3)22-20(26)18-13-25(24-23-18)16-8-10-21-11-9-16/h4-7,13-14,16-17,21H,8-12H2,1-3H3,(H,22,26). The summed E-state index contributed by atoms with van der Waals surface area (Å²) in [7, 11) is 1.67. The molecule has 1 aliphatic heterocycles. The van der Waals surface area contributed by atoms with Crippen LogP contribution in [0.4, 0.5) is 0 Å². The molecule has 27 heavy (non-hydrogen) atoms. The smallest absolute Gasteiger partial charge is 0.273 e. The van der Waals surface area contributed by atoms with Gasteiger partial charge < -0.3 is 15.4 Å². The van der Waals surface area contributed by atoms with Crippen molar-refractivity contribution in [3.8, 4) is 5.75 Å². The lowest BCUT2D eigenvalue weighted by molar-refractivity contribution is 0.0920. The maximum Gasteiger partial charge on any atom is 0.273 e. The second-order valence-corrected chi connectivity index (χ2v) is 7.40. The van der Waals surface area contributed by atoms with Crippen molar-refractivity contribution < 1.29 is 9.53 Å². The number of hydrogen-bond donors (Lipinski definition) is 2. The number of methoxy groups -OCH3 is 1. The molecule has 0 spiro atoms. The highest BCUT2D eigenvalue weighted by Gasteiger charge is 2.22. The maximum absolute atomic E-state index is 12.7. The fourth-order valence-corrected chi connectivity index (χ4v) is 3.43. The molecule has 1 unspecified atom stereocenters. The monoisotopic (exact) mass is 371 g/mol. The van der Waals surface area contributed by atoms with Gasteiger partial charge in [0, 0.05) is 6.04 Å². The van der Waals surface area contributed by atoms with Crippen LogP contribution in [0, 0.1) is 5.92 Å². The number of carbonyl (C=O) groups is 1. The second-order valence-electron chi connectivity index (χ2n) is 7.40. The fourth-order valence-electron chi connectivity index (χ4n) is 3.43. The van der Waals surface area contributed by atoms with Crippen LogP contribution in [0.15, 0.2) is 30.5 Å². The highest BCUT2D eigenvalue weighted by atomic mass is 16.5. The van der Waals surface area contributed by atoms with Gasteiger partial charge in [0.1, 0.15) is 5.75 Å². The SMILES string of the molecule is COc1ccccc1CC(NC(=O)c1cn(C2CCNCC2)nn1)C(C)C. The van der Waals surface area contributed by atoms with E-state index in [-0.39, 0.29) is 17.9 Å². The van der Waals surface area contributed by atoms with Crippen LogP contribution in [0.1, 0.15) is 48.8 Å². The first kappa shape index (κ1) is 19.4. The number of nitrogens with one attached hydrogen (secondary N) is 2. The van der Waals surface area contributed by atoms with E-state index in [0.29, 0.717) is 18.2 Å². The highest BCUT2D eigenvalue weighted by Crippen LogP contribution is 2.21. The quantitative estimate of drug-likeness (QED) is 0.780. The largest absolute Gasteiger partial charge is 0.496 e. The third-order valence-corrected chi connectivity index (χ3v) is 5.18. The third-order valence-electron chi connectivity index (χ3n) is 5.18. The summed E-state index contributed by atoms with van der Waals surface area (Å²) in [5.41, 5.74) is 1.46. The van der Waals surface area contributed by atoms with Gasteiger partial charge in [-0.05, 0) is 49.9 Å². The van der Waals surface area contributed by atoms with Gasteiger partial charge in [-0.15, -0.1) is 5.10 Å². The Balaban J connectivity index is 1.67. The Morgan fingerprint density at radius 1 is 1.33 bits per heavy atom. The van der Waals surface area contributed by atoms with E-state index in [2.05, 4.69) is 34.8 Å². The molecular formula is C20H29N5O2. The molecule has 0 aliphatic carbocycles. The van der Waals surface area contributed by atoms with Gasteiger partial charge in [-0.1, -0.05) is 37.3 Å². The van der Waals surface area contributed by atoms with Gasteiger partial charge >= 0.3 is 0 Å². The number of aromatic nitrogens is 3. The lowest BCUT2D eigenvalue weighted by Crippen LogP contribution is -2.40. The molecule has 1 aromatic heterocycles. The van der Waals surface area contributed by atoms with Crippen molar-refractivity contribution in [2.45, 2.75) is 45.2 Å². The average molecular weight is 371 g/mol. The lowest BCUT2D eigenvalue weighted by Gasteiger charge is -2.23. The Bertz CT molecular complexity index is 752. The van der Waals surface area contributed by atoms with Gasteiger partial charge in [0.05, 0.1) is 19.3 Å². The van der Waals surface area contributed by atoms with E-state index in [1.54, 1.807) is 13.3 Å². The minimum absolute atomic E-state index is 0.0159. The van der Waals surface area contributed by atoms with Gasteiger partial charge in [-0.25, -0.2) is 4.68 Å². The molecule has 3 rings (SSSR count). The zero-order valence-corrected chi connectivity index (χ0v) is 16.3. The number of hydrogen-bond acceptors (Lipinski definition) is 5. The van der Waals surface area contributed by atoms with Gasteiger partial charge in [-0.2, -0.15) is 0 Å². The molecule has 1 fully saturated rings. The highest BCUT2D eigenvalue weighted by molar-refractivity contribution is 5.92. The van der Waals surface area contributed by atoms with Crippen LogP contribution in [0.2, 0.25) is 0 Å². The first-order chi connectivity index (χ1) is 13.1. The predicted octanol–water partition coefficient (Wildman–Crippen LogP) is 2.21. The van der Waals surface area contributed by atoms with E-state index in [9.17, 15) is 4.79 Å². The summed E-state index contributed by atoms with van der Waals surface area (Å²) in [4.78, 5) is 12.7. The van der Waals surface area contributed by atoms with Crippen LogP contribution in [0.25, 0.3) is 0 Å². The minimum Gasteiger partial charge on any atom is -0.496 e. The van der Waals surface area contributed by atoms with Crippen molar-refractivity contribution in [1.29, 1.82) is 0 Å². The fraction of sp³-hybridized carbons (Fsp3) is 0.550. The number of piperidine rings is 1. The number of amides is 1. The molecule has 2 N–H and O–H groups in total. The molecule has 1 amide bonds. The van der Waals surface area contributed by atoms with Crippen LogP contribution < -0.4 is 15.4 Å². The molecule has 7 heteroatoms. The zero-order valence-electron chi connectivity index (χ0n) is 16.3. The van der Waals surface area contributed by atoms with E-state index >= 15 is 0 Å². The second kappa shape index (κ2) is 8.99. The number of benzene rings is 1. The molecule has 7 nitrogen and oxygen atoms in total. The summed E-state index contributed by atoms with van der Waals surface area (Å²) < 4.78 is 7.28. The van der Waals surface area contributed by atoms with E-state index < -0.39 is 0 Å². The van der Waals surface area contributed by atoms with E-state index in [1.807, 2.05) is 28.9 Å².